The van der Waals surface area contributed by atoms with Crippen LogP contribution in [-0.4, -0.2) is 34.8 Å². The molecular formula is C28H20ClF3N2O4. The number of hydrogen-bond acceptors (Lipinski definition) is 5. The summed E-state index contributed by atoms with van der Waals surface area (Å²) >= 11 is 6.48. The lowest BCUT2D eigenvalue weighted by atomic mass is 9.99. The van der Waals surface area contributed by atoms with E-state index in [0.717, 1.165) is 39.5 Å². The summed E-state index contributed by atoms with van der Waals surface area (Å²) in [6.07, 6.45) is -2.34. The Kier molecular flexibility index (Phi) is 6.48. The highest BCUT2D eigenvalue weighted by Crippen LogP contribution is 2.32. The van der Waals surface area contributed by atoms with Crippen LogP contribution in [0.1, 0.15) is 40.4 Å². The standard InChI is InChI=1S/C28H20ClF3N2O4/c1-15(33-38-27(36)28(30,31)32)16-6-9-23-20(12-16)21-13-18(7-10-24(21)34(23)2)26(35)19-8-5-17(14-22(19)29)25-4-3-11-37-25/h4-10,12-14H,3,11H2,1-2H3/b33-15+. The maximum Gasteiger partial charge on any atom is 0.493 e. The summed E-state index contributed by atoms with van der Waals surface area (Å²) < 4.78 is 44.8. The second-order valence-electron chi connectivity index (χ2n) is 8.81. The molecule has 5 rings (SSSR count). The van der Waals surface area contributed by atoms with Crippen LogP contribution in [0.5, 0.6) is 0 Å². The molecule has 0 bridgehead atoms. The molecule has 0 saturated heterocycles. The van der Waals surface area contributed by atoms with Crippen molar-refractivity contribution in [2.45, 2.75) is 19.5 Å². The molecule has 1 aliphatic rings. The molecule has 0 N–H and O–H groups in total. The van der Waals surface area contributed by atoms with Crippen LogP contribution in [0.15, 0.2) is 65.8 Å². The van der Waals surface area contributed by atoms with Crippen molar-refractivity contribution in [3.63, 3.8) is 0 Å². The van der Waals surface area contributed by atoms with Gasteiger partial charge in [0.05, 0.1) is 17.3 Å². The van der Waals surface area contributed by atoms with Gasteiger partial charge in [0.1, 0.15) is 5.76 Å². The van der Waals surface area contributed by atoms with Crippen LogP contribution in [0.3, 0.4) is 0 Å². The molecule has 0 aliphatic carbocycles. The minimum atomic E-state index is -5.14. The number of oxime groups is 1. The van der Waals surface area contributed by atoms with Crippen molar-refractivity contribution in [3.05, 3.63) is 87.9 Å². The second-order valence-corrected chi connectivity index (χ2v) is 9.21. The number of carbonyl (C=O) groups is 2. The zero-order valence-electron chi connectivity index (χ0n) is 20.2. The van der Waals surface area contributed by atoms with E-state index in [1.165, 1.54) is 6.92 Å². The van der Waals surface area contributed by atoms with Crippen molar-refractivity contribution in [2.75, 3.05) is 6.61 Å². The number of benzene rings is 3. The molecular weight excluding hydrogens is 521 g/mol. The van der Waals surface area contributed by atoms with Gasteiger partial charge in [0.15, 0.2) is 5.78 Å². The number of carbonyl (C=O) groups excluding carboxylic acids is 2. The Balaban J connectivity index is 1.51. The lowest BCUT2D eigenvalue weighted by Crippen LogP contribution is -2.24. The van der Waals surface area contributed by atoms with Gasteiger partial charge in [-0.2, -0.15) is 13.2 Å². The van der Waals surface area contributed by atoms with E-state index >= 15 is 0 Å². The molecule has 6 nitrogen and oxygen atoms in total. The average Bonchev–Trinajstić information content (AvgIpc) is 3.53. The molecule has 10 heteroatoms. The zero-order chi connectivity index (χ0) is 27.2. The van der Waals surface area contributed by atoms with E-state index < -0.39 is 12.1 Å². The summed E-state index contributed by atoms with van der Waals surface area (Å²) in [5.74, 6) is -1.91. The number of rotatable bonds is 5. The summed E-state index contributed by atoms with van der Waals surface area (Å²) in [5.41, 5.74) is 3.80. The summed E-state index contributed by atoms with van der Waals surface area (Å²) in [4.78, 5) is 28.4. The van der Waals surface area contributed by atoms with Crippen molar-refractivity contribution in [2.24, 2.45) is 12.2 Å². The third-order valence-electron chi connectivity index (χ3n) is 6.39. The van der Waals surface area contributed by atoms with Gasteiger partial charge < -0.3 is 14.1 Å². The predicted octanol–water partition coefficient (Wildman–Crippen LogP) is 6.81. The summed E-state index contributed by atoms with van der Waals surface area (Å²) in [5, 5.41) is 5.16. The van der Waals surface area contributed by atoms with Crippen LogP contribution < -0.4 is 0 Å². The normalized spacial score (nSPS) is 14.1. The minimum Gasteiger partial charge on any atom is -0.493 e. The Morgan fingerprint density at radius 3 is 2.26 bits per heavy atom. The maximum atomic E-state index is 13.4. The van der Waals surface area contributed by atoms with E-state index in [9.17, 15) is 22.8 Å². The molecule has 3 aromatic carbocycles. The maximum absolute atomic E-state index is 13.4. The van der Waals surface area contributed by atoms with Gasteiger partial charge in [-0.05, 0) is 61.0 Å². The molecule has 2 heterocycles. The monoisotopic (exact) mass is 540 g/mol. The van der Waals surface area contributed by atoms with Gasteiger partial charge in [0, 0.05) is 52.0 Å². The topological polar surface area (TPSA) is 69.9 Å². The number of halogens is 4. The van der Waals surface area contributed by atoms with Crippen LogP contribution in [0, 0.1) is 0 Å². The molecule has 0 unspecified atom stereocenters. The van der Waals surface area contributed by atoms with Crippen LogP contribution in [-0.2, 0) is 21.4 Å². The van der Waals surface area contributed by atoms with E-state index in [4.69, 9.17) is 16.3 Å². The number of ketones is 1. The fourth-order valence-electron chi connectivity index (χ4n) is 4.43. The first-order valence-corrected chi connectivity index (χ1v) is 12.0. The van der Waals surface area contributed by atoms with Crippen LogP contribution in [0.25, 0.3) is 27.6 Å². The summed E-state index contributed by atoms with van der Waals surface area (Å²) in [6.45, 7) is 2.05. The van der Waals surface area contributed by atoms with E-state index in [-0.39, 0.29) is 11.5 Å². The van der Waals surface area contributed by atoms with Gasteiger partial charge in [-0.25, -0.2) is 4.79 Å². The quantitative estimate of drug-likeness (QED) is 0.121. The SMILES string of the molecule is C/C(=N\OC(=O)C(F)(F)F)c1ccc2c(c1)c1cc(C(=O)c3ccc(C4=CCCO4)cc3Cl)ccc1n2C. The molecule has 194 valence electrons. The Bertz CT molecular complexity index is 1690. The molecule has 0 saturated carbocycles. The smallest absolute Gasteiger partial charge is 0.493 e. The molecule has 0 fully saturated rings. The Hall–Kier alpha value is -4.11. The van der Waals surface area contributed by atoms with E-state index in [2.05, 4.69) is 9.99 Å². The van der Waals surface area contributed by atoms with Crippen molar-refractivity contribution < 1.29 is 32.3 Å². The number of fused-ring (bicyclic) bond motifs is 3. The third-order valence-corrected chi connectivity index (χ3v) is 6.70. The number of aryl methyl sites for hydroxylation is 1. The molecule has 0 amide bonds. The number of hydrogen-bond donors (Lipinski definition) is 0. The number of nitrogens with zero attached hydrogens (tertiary/aromatic N) is 2. The van der Waals surface area contributed by atoms with Crippen LogP contribution in [0.2, 0.25) is 5.02 Å². The molecule has 0 radical (unpaired) electrons. The Morgan fingerprint density at radius 1 is 1.00 bits per heavy atom. The highest BCUT2D eigenvalue weighted by Gasteiger charge is 2.41. The fraction of sp³-hybridized carbons (Fsp3) is 0.179. The number of aromatic nitrogens is 1. The number of alkyl halides is 3. The molecule has 0 spiro atoms. The van der Waals surface area contributed by atoms with E-state index in [0.29, 0.717) is 28.3 Å². The lowest BCUT2D eigenvalue weighted by Gasteiger charge is -2.08. The lowest BCUT2D eigenvalue weighted by molar-refractivity contribution is -0.199. The first-order valence-electron chi connectivity index (χ1n) is 11.6. The molecule has 38 heavy (non-hydrogen) atoms. The van der Waals surface area contributed by atoms with Gasteiger partial charge >= 0.3 is 12.1 Å². The minimum absolute atomic E-state index is 0.0852. The van der Waals surface area contributed by atoms with Gasteiger partial charge in [0.25, 0.3) is 0 Å². The first-order chi connectivity index (χ1) is 18.0. The highest BCUT2D eigenvalue weighted by molar-refractivity contribution is 6.35. The predicted molar refractivity (Wildman–Crippen MR) is 138 cm³/mol. The fourth-order valence-corrected chi connectivity index (χ4v) is 4.69. The van der Waals surface area contributed by atoms with Gasteiger partial charge in [-0.1, -0.05) is 28.9 Å². The van der Waals surface area contributed by atoms with Gasteiger partial charge in [0.2, 0.25) is 0 Å². The molecule has 1 aromatic heterocycles. The molecule has 0 atom stereocenters. The molecule has 1 aliphatic heterocycles. The Labute approximate surface area is 219 Å². The highest BCUT2D eigenvalue weighted by atomic mass is 35.5. The summed E-state index contributed by atoms with van der Waals surface area (Å²) in [6, 6.07) is 15.7. The van der Waals surface area contributed by atoms with Crippen molar-refractivity contribution in [1.82, 2.24) is 4.57 Å². The van der Waals surface area contributed by atoms with Crippen LogP contribution >= 0.6 is 11.6 Å². The zero-order valence-corrected chi connectivity index (χ0v) is 21.0. The largest absolute Gasteiger partial charge is 0.493 e. The van der Waals surface area contributed by atoms with E-state index in [1.54, 1.807) is 48.5 Å². The summed E-state index contributed by atoms with van der Waals surface area (Å²) in [7, 11) is 1.87. The van der Waals surface area contributed by atoms with Crippen molar-refractivity contribution in [1.29, 1.82) is 0 Å². The number of ether oxygens (including phenoxy) is 1. The molecule has 4 aromatic rings. The van der Waals surface area contributed by atoms with Crippen molar-refractivity contribution in [3.8, 4) is 0 Å². The van der Waals surface area contributed by atoms with Gasteiger partial charge in [-0.3, -0.25) is 4.79 Å². The van der Waals surface area contributed by atoms with Crippen LogP contribution in [0.4, 0.5) is 13.2 Å². The first kappa shape index (κ1) is 25.5. The van der Waals surface area contributed by atoms with Gasteiger partial charge in [-0.15, -0.1) is 0 Å². The third kappa shape index (κ3) is 4.65. The average molecular weight is 541 g/mol. The van der Waals surface area contributed by atoms with Crippen molar-refractivity contribution >= 4 is 56.6 Å². The van der Waals surface area contributed by atoms with E-state index in [1.807, 2.05) is 23.8 Å². The second kappa shape index (κ2) is 9.64. The Morgan fingerprint density at radius 2 is 1.66 bits per heavy atom.